The Morgan fingerprint density at radius 2 is 2.22 bits per heavy atom. The van der Waals surface area contributed by atoms with Crippen LogP contribution in [0, 0.1) is 0 Å². The monoisotopic (exact) mass is 254 g/mol. The highest BCUT2D eigenvalue weighted by Gasteiger charge is 2.21. The van der Waals surface area contributed by atoms with E-state index in [0.717, 1.165) is 45.0 Å². The molecular formula is C12H22N4O2. The Labute approximate surface area is 108 Å². The van der Waals surface area contributed by atoms with Gasteiger partial charge in [-0.2, -0.15) is 4.98 Å². The SMILES string of the molecule is CCN(CC)CCc1noc(C2COCCN2)n1. The van der Waals surface area contributed by atoms with Gasteiger partial charge in [-0.15, -0.1) is 0 Å². The van der Waals surface area contributed by atoms with E-state index in [1.165, 1.54) is 0 Å². The molecule has 1 saturated heterocycles. The molecule has 0 aromatic carbocycles. The molecule has 0 radical (unpaired) electrons. The van der Waals surface area contributed by atoms with Crippen LogP contribution in [0.25, 0.3) is 0 Å². The quantitative estimate of drug-likeness (QED) is 0.802. The zero-order valence-corrected chi connectivity index (χ0v) is 11.2. The minimum Gasteiger partial charge on any atom is -0.378 e. The van der Waals surface area contributed by atoms with Crippen LogP contribution in [0.4, 0.5) is 0 Å². The van der Waals surface area contributed by atoms with E-state index in [4.69, 9.17) is 9.26 Å². The molecule has 1 aliphatic rings. The van der Waals surface area contributed by atoms with Crippen molar-refractivity contribution in [1.82, 2.24) is 20.4 Å². The van der Waals surface area contributed by atoms with E-state index in [1.54, 1.807) is 0 Å². The minimum atomic E-state index is 0.0495. The molecule has 1 unspecified atom stereocenters. The smallest absolute Gasteiger partial charge is 0.246 e. The van der Waals surface area contributed by atoms with Crippen molar-refractivity contribution in [3.63, 3.8) is 0 Å². The molecule has 2 rings (SSSR count). The van der Waals surface area contributed by atoms with Crippen molar-refractivity contribution in [3.05, 3.63) is 11.7 Å². The van der Waals surface area contributed by atoms with Crippen LogP contribution in [-0.4, -0.2) is 54.4 Å². The Kier molecular flexibility index (Phi) is 5.10. The lowest BCUT2D eigenvalue weighted by Gasteiger charge is -2.20. The first kappa shape index (κ1) is 13.5. The van der Waals surface area contributed by atoms with Gasteiger partial charge in [0.2, 0.25) is 5.89 Å². The van der Waals surface area contributed by atoms with E-state index in [2.05, 4.69) is 34.2 Å². The first-order valence-electron chi connectivity index (χ1n) is 6.69. The van der Waals surface area contributed by atoms with Crippen LogP contribution in [0.5, 0.6) is 0 Å². The molecule has 6 nitrogen and oxygen atoms in total. The van der Waals surface area contributed by atoms with Crippen LogP contribution < -0.4 is 5.32 Å². The third-order valence-electron chi connectivity index (χ3n) is 3.25. The summed E-state index contributed by atoms with van der Waals surface area (Å²) < 4.78 is 10.7. The zero-order chi connectivity index (χ0) is 12.8. The normalized spacial score (nSPS) is 20.5. The second kappa shape index (κ2) is 6.82. The second-order valence-electron chi connectivity index (χ2n) is 4.41. The van der Waals surface area contributed by atoms with Crippen LogP contribution in [0.3, 0.4) is 0 Å². The van der Waals surface area contributed by atoms with Crippen molar-refractivity contribution in [2.45, 2.75) is 26.3 Å². The van der Waals surface area contributed by atoms with E-state index >= 15 is 0 Å². The summed E-state index contributed by atoms with van der Waals surface area (Å²) in [5.41, 5.74) is 0. The topological polar surface area (TPSA) is 63.4 Å². The minimum absolute atomic E-state index is 0.0495. The Balaban J connectivity index is 1.85. The van der Waals surface area contributed by atoms with Gasteiger partial charge in [-0.25, -0.2) is 0 Å². The van der Waals surface area contributed by atoms with Crippen molar-refractivity contribution in [1.29, 1.82) is 0 Å². The first-order chi connectivity index (χ1) is 8.83. The molecule has 102 valence electrons. The van der Waals surface area contributed by atoms with Crippen molar-refractivity contribution < 1.29 is 9.26 Å². The number of morpholine rings is 1. The molecule has 1 aromatic heterocycles. The Morgan fingerprint density at radius 1 is 1.39 bits per heavy atom. The third-order valence-corrected chi connectivity index (χ3v) is 3.25. The van der Waals surface area contributed by atoms with Crippen molar-refractivity contribution in [2.24, 2.45) is 0 Å². The number of nitrogens with zero attached hydrogens (tertiary/aromatic N) is 3. The fraction of sp³-hybridized carbons (Fsp3) is 0.833. The lowest BCUT2D eigenvalue weighted by Crippen LogP contribution is -2.34. The van der Waals surface area contributed by atoms with Crippen molar-refractivity contribution >= 4 is 0 Å². The molecule has 6 heteroatoms. The highest BCUT2D eigenvalue weighted by molar-refractivity contribution is 4.94. The average molecular weight is 254 g/mol. The molecule has 0 amide bonds. The maximum Gasteiger partial charge on any atom is 0.246 e. The van der Waals surface area contributed by atoms with Crippen LogP contribution in [0.2, 0.25) is 0 Å². The largest absolute Gasteiger partial charge is 0.378 e. The molecule has 1 N–H and O–H groups in total. The number of ether oxygens (including phenoxy) is 1. The van der Waals surface area contributed by atoms with Gasteiger partial charge in [0.05, 0.1) is 13.2 Å². The average Bonchev–Trinajstić information content (AvgIpc) is 2.90. The highest BCUT2D eigenvalue weighted by atomic mass is 16.5. The molecule has 1 aromatic rings. The fourth-order valence-electron chi connectivity index (χ4n) is 2.03. The van der Waals surface area contributed by atoms with Crippen LogP contribution in [-0.2, 0) is 11.2 Å². The number of hydrogen-bond acceptors (Lipinski definition) is 6. The van der Waals surface area contributed by atoms with Gasteiger partial charge >= 0.3 is 0 Å². The van der Waals surface area contributed by atoms with Crippen molar-refractivity contribution in [2.75, 3.05) is 39.4 Å². The maximum absolute atomic E-state index is 5.38. The summed E-state index contributed by atoms with van der Waals surface area (Å²) >= 11 is 0. The van der Waals surface area contributed by atoms with Crippen LogP contribution >= 0.6 is 0 Å². The molecule has 0 bridgehead atoms. The fourth-order valence-corrected chi connectivity index (χ4v) is 2.03. The molecule has 0 spiro atoms. The van der Waals surface area contributed by atoms with E-state index in [1.807, 2.05) is 0 Å². The molecule has 0 aliphatic carbocycles. The summed E-state index contributed by atoms with van der Waals surface area (Å²) in [5.74, 6) is 1.42. The maximum atomic E-state index is 5.38. The molecule has 1 fully saturated rings. The number of hydrogen-bond donors (Lipinski definition) is 1. The number of likely N-dealkylation sites (N-methyl/N-ethyl adjacent to an activating group) is 1. The molecular weight excluding hydrogens is 232 g/mol. The zero-order valence-electron chi connectivity index (χ0n) is 11.2. The summed E-state index contributed by atoms with van der Waals surface area (Å²) in [4.78, 5) is 6.77. The molecule has 0 saturated carbocycles. The molecule has 1 aliphatic heterocycles. The Bertz CT molecular complexity index is 346. The van der Waals surface area contributed by atoms with Gasteiger partial charge < -0.3 is 19.5 Å². The molecule has 2 heterocycles. The number of aromatic nitrogens is 2. The standard InChI is InChI=1S/C12H22N4O2/c1-3-16(4-2)7-5-11-14-12(18-15-11)10-9-17-8-6-13-10/h10,13H,3-9H2,1-2H3. The summed E-state index contributed by atoms with van der Waals surface area (Å²) in [7, 11) is 0. The van der Waals surface area contributed by atoms with E-state index in [-0.39, 0.29) is 6.04 Å². The Hall–Kier alpha value is -0.980. The van der Waals surface area contributed by atoms with Gasteiger partial charge in [0.15, 0.2) is 5.82 Å². The second-order valence-corrected chi connectivity index (χ2v) is 4.41. The van der Waals surface area contributed by atoms with Gasteiger partial charge in [0.1, 0.15) is 6.04 Å². The predicted molar refractivity (Wildman–Crippen MR) is 67.4 cm³/mol. The van der Waals surface area contributed by atoms with Gasteiger partial charge in [0.25, 0.3) is 0 Å². The van der Waals surface area contributed by atoms with Crippen LogP contribution in [0.15, 0.2) is 4.52 Å². The number of nitrogens with one attached hydrogen (secondary N) is 1. The first-order valence-corrected chi connectivity index (χ1v) is 6.69. The lowest BCUT2D eigenvalue weighted by molar-refractivity contribution is 0.0659. The van der Waals surface area contributed by atoms with E-state index in [9.17, 15) is 0 Å². The van der Waals surface area contributed by atoms with Gasteiger partial charge in [-0.1, -0.05) is 19.0 Å². The van der Waals surface area contributed by atoms with E-state index < -0.39 is 0 Å². The summed E-state index contributed by atoms with van der Waals surface area (Å²) in [6, 6.07) is 0.0495. The molecule has 18 heavy (non-hydrogen) atoms. The van der Waals surface area contributed by atoms with Crippen LogP contribution in [0.1, 0.15) is 31.6 Å². The summed E-state index contributed by atoms with van der Waals surface area (Å²) in [6.45, 7) is 9.60. The highest BCUT2D eigenvalue weighted by Crippen LogP contribution is 2.13. The summed E-state index contributed by atoms with van der Waals surface area (Å²) in [6.07, 6.45) is 0.832. The predicted octanol–water partition coefficient (Wildman–Crippen LogP) is 0.615. The number of rotatable bonds is 6. The summed E-state index contributed by atoms with van der Waals surface area (Å²) in [5, 5.41) is 7.33. The van der Waals surface area contributed by atoms with Gasteiger partial charge in [0, 0.05) is 19.5 Å². The van der Waals surface area contributed by atoms with Crippen molar-refractivity contribution in [3.8, 4) is 0 Å². The molecule has 1 atom stereocenters. The van der Waals surface area contributed by atoms with Gasteiger partial charge in [-0.05, 0) is 13.1 Å². The lowest BCUT2D eigenvalue weighted by atomic mass is 10.3. The third kappa shape index (κ3) is 3.51. The van der Waals surface area contributed by atoms with E-state index in [0.29, 0.717) is 12.5 Å². The van der Waals surface area contributed by atoms with Gasteiger partial charge in [-0.3, -0.25) is 0 Å². The Morgan fingerprint density at radius 3 is 2.89 bits per heavy atom.